The minimum Gasteiger partial charge on any atom is -0.431 e. The second kappa shape index (κ2) is 5.05. The van der Waals surface area contributed by atoms with E-state index in [1.54, 1.807) is 12.1 Å². The van der Waals surface area contributed by atoms with Crippen LogP contribution >= 0.6 is 11.8 Å². The van der Waals surface area contributed by atoms with Gasteiger partial charge in [0.05, 0.1) is 0 Å². The minimum atomic E-state index is -0.220. The largest absolute Gasteiger partial charge is 0.431 e. The fourth-order valence-corrected chi connectivity index (χ4v) is 2.74. The number of aromatic nitrogens is 1. The van der Waals surface area contributed by atoms with Crippen molar-refractivity contribution in [2.45, 2.75) is 17.4 Å². The third kappa shape index (κ3) is 2.63. The summed E-state index contributed by atoms with van der Waals surface area (Å²) in [7, 11) is 0. The number of halogens is 1. The van der Waals surface area contributed by atoms with Crippen LogP contribution in [0.4, 0.5) is 4.39 Å². The topological polar surface area (TPSA) is 26.0 Å². The highest BCUT2D eigenvalue weighted by Crippen LogP contribution is 2.35. The van der Waals surface area contributed by atoms with Crippen LogP contribution in [-0.4, -0.2) is 4.98 Å². The van der Waals surface area contributed by atoms with Gasteiger partial charge in [0, 0.05) is 5.25 Å². The highest BCUT2D eigenvalue weighted by molar-refractivity contribution is 7.99. The summed E-state index contributed by atoms with van der Waals surface area (Å²) >= 11 is 1.53. The van der Waals surface area contributed by atoms with Crippen molar-refractivity contribution in [3.05, 3.63) is 59.9 Å². The van der Waals surface area contributed by atoms with Crippen molar-refractivity contribution in [2.24, 2.45) is 0 Å². The summed E-state index contributed by atoms with van der Waals surface area (Å²) in [4.78, 5) is 4.42. The van der Waals surface area contributed by atoms with Gasteiger partial charge in [-0.15, -0.1) is 0 Å². The first-order valence-corrected chi connectivity index (χ1v) is 6.88. The predicted octanol–water partition coefficient (Wildman–Crippen LogP) is 4.82. The van der Waals surface area contributed by atoms with E-state index >= 15 is 0 Å². The molecule has 1 heterocycles. The molecule has 1 aromatic heterocycles. The molecule has 2 nitrogen and oxygen atoms in total. The summed E-state index contributed by atoms with van der Waals surface area (Å²) in [6.07, 6.45) is 0. The lowest BCUT2D eigenvalue weighted by atomic mass is 10.2. The van der Waals surface area contributed by atoms with Crippen molar-refractivity contribution in [3.63, 3.8) is 0 Å². The van der Waals surface area contributed by atoms with E-state index in [0.29, 0.717) is 5.22 Å². The third-order valence-electron chi connectivity index (χ3n) is 2.89. The van der Waals surface area contributed by atoms with Crippen LogP contribution < -0.4 is 0 Å². The third-order valence-corrected chi connectivity index (χ3v) is 3.89. The highest BCUT2D eigenvalue weighted by atomic mass is 32.2. The molecule has 0 saturated heterocycles. The maximum Gasteiger partial charge on any atom is 0.257 e. The van der Waals surface area contributed by atoms with Crippen molar-refractivity contribution in [2.75, 3.05) is 0 Å². The van der Waals surface area contributed by atoms with Crippen LogP contribution in [0, 0.1) is 5.82 Å². The number of hydrogen-bond acceptors (Lipinski definition) is 3. The summed E-state index contributed by atoms with van der Waals surface area (Å²) < 4.78 is 18.5. The molecule has 0 amide bonds. The summed E-state index contributed by atoms with van der Waals surface area (Å²) in [6.45, 7) is 2.05. The van der Waals surface area contributed by atoms with Gasteiger partial charge in [-0.2, -0.15) is 0 Å². The Labute approximate surface area is 114 Å². The Morgan fingerprint density at radius 1 is 1.11 bits per heavy atom. The zero-order chi connectivity index (χ0) is 13.2. The molecule has 96 valence electrons. The van der Waals surface area contributed by atoms with Crippen molar-refractivity contribution in [1.82, 2.24) is 4.98 Å². The standard InChI is InChI=1S/C15H12FNOS/c1-10(11-6-8-12(16)9-7-11)19-15-17-13-4-2-3-5-14(13)18-15/h2-10H,1H3. The van der Waals surface area contributed by atoms with Crippen molar-refractivity contribution >= 4 is 22.9 Å². The summed E-state index contributed by atoms with van der Waals surface area (Å²) in [5.41, 5.74) is 2.70. The molecular formula is C15H12FNOS. The summed E-state index contributed by atoms with van der Waals surface area (Å²) in [6, 6.07) is 14.2. The van der Waals surface area contributed by atoms with Gasteiger partial charge in [-0.25, -0.2) is 9.37 Å². The molecule has 0 spiro atoms. The molecule has 0 aliphatic heterocycles. The van der Waals surface area contributed by atoms with Crippen LogP contribution in [0.2, 0.25) is 0 Å². The van der Waals surface area contributed by atoms with E-state index in [1.165, 1.54) is 23.9 Å². The smallest absolute Gasteiger partial charge is 0.257 e. The monoisotopic (exact) mass is 273 g/mol. The lowest BCUT2D eigenvalue weighted by molar-refractivity contribution is 0.488. The molecule has 1 atom stereocenters. The SMILES string of the molecule is CC(Sc1nc2ccccc2o1)c1ccc(F)cc1. The molecule has 0 aliphatic rings. The number of oxazole rings is 1. The Balaban J connectivity index is 1.82. The Kier molecular flexibility index (Phi) is 3.25. The first-order chi connectivity index (χ1) is 9.22. The van der Waals surface area contributed by atoms with Crippen LogP contribution in [0.3, 0.4) is 0 Å². The van der Waals surface area contributed by atoms with Crippen LogP contribution in [0.15, 0.2) is 58.2 Å². The van der Waals surface area contributed by atoms with Gasteiger partial charge in [0.15, 0.2) is 5.58 Å². The van der Waals surface area contributed by atoms with Crippen LogP contribution in [0.5, 0.6) is 0 Å². The highest BCUT2D eigenvalue weighted by Gasteiger charge is 2.12. The Bertz CT molecular complexity index is 660. The molecule has 4 heteroatoms. The van der Waals surface area contributed by atoms with E-state index < -0.39 is 0 Å². The summed E-state index contributed by atoms with van der Waals surface area (Å²) in [5.74, 6) is -0.220. The van der Waals surface area contributed by atoms with Gasteiger partial charge in [0.1, 0.15) is 11.3 Å². The molecule has 3 aromatic rings. The first-order valence-electron chi connectivity index (χ1n) is 6.00. The number of hydrogen-bond donors (Lipinski definition) is 0. The number of nitrogens with zero attached hydrogens (tertiary/aromatic N) is 1. The second-order valence-corrected chi connectivity index (χ2v) is 5.55. The normalized spacial score (nSPS) is 12.7. The van der Waals surface area contributed by atoms with E-state index in [9.17, 15) is 4.39 Å². The van der Waals surface area contributed by atoms with Crippen molar-refractivity contribution < 1.29 is 8.81 Å². The zero-order valence-electron chi connectivity index (χ0n) is 10.3. The lowest BCUT2D eigenvalue weighted by Gasteiger charge is -2.08. The number of rotatable bonds is 3. The lowest BCUT2D eigenvalue weighted by Crippen LogP contribution is -1.88. The minimum absolute atomic E-state index is 0.161. The zero-order valence-corrected chi connectivity index (χ0v) is 11.2. The molecular weight excluding hydrogens is 261 g/mol. The maximum atomic E-state index is 12.9. The van der Waals surface area contributed by atoms with Gasteiger partial charge in [-0.05, 0) is 36.8 Å². The molecule has 0 fully saturated rings. The van der Waals surface area contributed by atoms with E-state index in [0.717, 1.165) is 16.7 Å². The van der Waals surface area contributed by atoms with Gasteiger partial charge < -0.3 is 4.42 Å². The van der Waals surface area contributed by atoms with E-state index in [1.807, 2.05) is 31.2 Å². The first kappa shape index (κ1) is 12.2. The summed E-state index contributed by atoms with van der Waals surface area (Å²) in [5, 5.41) is 0.798. The van der Waals surface area contributed by atoms with Crippen LogP contribution in [0.1, 0.15) is 17.7 Å². The quantitative estimate of drug-likeness (QED) is 0.640. The number of benzene rings is 2. The van der Waals surface area contributed by atoms with Crippen molar-refractivity contribution in [1.29, 1.82) is 0 Å². The molecule has 2 aromatic carbocycles. The van der Waals surface area contributed by atoms with Gasteiger partial charge in [0.25, 0.3) is 5.22 Å². The number of para-hydroxylation sites is 2. The fourth-order valence-electron chi connectivity index (χ4n) is 1.85. The fraction of sp³-hybridized carbons (Fsp3) is 0.133. The van der Waals surface area contributed by atoms with Gasteiger partial charge >= 0.3 is 0 Å². The maximum absolute atomic E-state index is 12.9. The average Bonchev–Trinajstić information content (AvgIpc) is 2.81. The van der Waals surface area contributed by atoms with Gasteiger partial charge in [-0.3, -0.25) is 0 Å². The molecule has 19 heavy (non-hydrogen) atoms. The molecule has 0 saturated carbocycles. The molecule has 0 aliphatic carbocycles. The molecule has 0 radical (unpaired) electrons. The van der Waals surface area contributed by atoms with E-state index in [-0.39, 0.29) is 11.1 Å². The predicted molar refractivity (Wildman–Crippen MR) is 74.7 cm³/mol. The molecule has 0 bridgehead atoms. The molecule has 1 unspecified atom stereocenters. The average molecular weight is 273 g/mol. The number of thioether (sulfide) groups is 1. The van der Waals surface area contributed by atoms with E-state index in [2.05, 4.69) is 4.98 Å². The van der Waals surface area contributed by atoms with Crippen molar-refractivity contribution in [3.8, 4) is 0 Å². The Hall–Kier alpha value is -1.81. The molecule has 0 N–H and O–H groups in total. The Morgan fingerprint density at radius 3 is 2.58 bits per heavy atom. The van der Waals surface area contributed by atoms with E-state index in [4.69, 9.17) is 4.42 Å². The van der Waals surface area contributed by atoms with Gasteiger partial charge in [0.2, 0.25) is 0 Å². The van der Waals surface area contributed by atoms with Crippen LogP contribution in [-0.2, 0) is 0 Å². The van der Waals surface area contributed by atoms with Gasteiger partial charge in [-0.1, -0.05) is 36.0 Å². The van der Waals surface area contributed by atoms with Crippen LogP contribution in [0.25, 0.3) is 11.1 Å². The Morgan fingerprint density at radius 2 is 1.84 bits per heavy atom. The number of fused-ring (bicyclic) bond motifs is 1. The molecule has 3 rings (SSSR count). The second-order valence-electron chi connectivity index (χ2n) is 4.26.